The van der Waals surface area contributed by atoms with Crippen molar-refractivity contribution in [2.45, 2.75) is 6.92 Å². The number of benzene rings is 1. The third kappa shape index (κ3) is 1.97. The number of hydrogen-bond donors (Lipinski definition) is 1. The van der Waals surface area contributed by atoms with Gasteiger partial charge in [-0.05, 0) is 25.1 Å². The smallest absolute Gasteiger partial charge is 0.218 e. The van der Waals surface area contributed by atoms with E-state index in [1.807, 2.05) is 25.1 Å². The van der Waals surface area contributed by atoms with Gasteiger partial charge >= 0.3 is 0 Å². The summed E-state index contributed by atoms with van der Waals surface area (Å²) in [6.07, 6.45) is 1.78. The van der Waals surface area contributed by atoms with Gasteiger partial charge in [0.25, 0.3) is 0 Å². The largest absolute Gasteiger partial charge is 0.481 e. The molecule has 0 aliphatic heterocycles. The summed E-state index contributed by atoms with van der Waals surface area (Å²) >= 11 is 0. The molecule has 0 bridgehead atoms. The number of anilines is 1. The van der Waals surface area contributed by atoms with Crippen molar-refractivity contribution in [3.63, 3.8) is 0 Å². The summed E-state index contributed by atoms with van der Waals surface area (Å²) in [6.45, 7) is 1.81. The fourth-order valence-corrected chi connectivity index (χ4v) is 1.96. The summed E-state index contributed by atoms with van der Waals surface area (Å²) in [4.78, 5) is 8.53. The van der Waals surface area contributed by atoms with Crippen molar-refractivity contribution < 1.29 is 4.74 Å². The van der Waals surface area contributed by atoms with Crippen LogP contribution in [0, 0.1) is 6.92 Å². The van der Waals surface area contributed by atoms with Crippen LogP contribution in [0.2, 0.25) is 0 Å². The zero-order chi connectivity index (χ0) is 13.4. The highest BCUT2D eigenvalue weighted by Gasteiger charge is 2.09. The number of ether oxygens (including phenoxy) is 1. The number of nitrogen functional groups attached to an aromatic ring is 1. The monoisotopic (exact) mass is 255 g/mol. The molecule has 3 aromatic rings. The Bertz CT molecular complexity index is 750. The molecule has 0 saturated heterocycles. The fraction of sp³-hybridized carbons (Fsp3) is 0.154. The van der Waals surface area contributed by atoms with E-state index in [-0.39, 0.29) is 0 Å². The van der Waals surface area contributed by atoms with Gasteiger partial charge in [-0.1, -0.05) is 0 Å². The molecule has 6 nitrogen and oxygen atoms in total. The van der Waals surface area contributed by atoms with Crippen molar-refractivity contribution in [2.75, 3.05) is 12.8 Å². The summed E-state index contributed by atoms with van der Waals surface area (Å²) in [7, 11) is 1.57. The minimum atomic E-state index is 0.509. The highest BCUT2D eigenvalue weighted by molar-refractivity contribution is 5.83. The van der Waals surface area contributed by atoms with Crippen LogP contribution in [0.15, 0.2) is 30.5 Å². The van der Waals surface area contributed by atoms with Crippen LogP contribution in [-0.2, 0) is 0 Å². The quantitative estimate of drug-likeness (QED) is 0.705. The maximum absolute atomic E-state index is 5.82. The van der Waals surface area contributed by atoms with Crippen LogP contribution in [-0.4, -0.2) is 26.9 Å². The van der Waals surface area contributed by atoms with Gasteiger partial charge in [-0.15, -0.1) is 0 Å². The van der Waals surface area contributed by atoms with Crippen LogP contribution >= 0.6 is 0 Å². The molecule has 2 heterocycles. The third-order valence-corrected chi connectivity index (χ3v) is 2.82. The van der Waals surface area contributed by atoms with E-state index in [9.17, 15) is 0 Å². The number of aromatic nitrogens is 4. The number of nitrogens with two attached hydrogens (primary N) is 1. The zero-order valence-electron chi connectivity index (χ0n) is 10.7. The number of hydrogen-bond acceptors (Lipinski definition) is 5. The van der Waals surface area contributed by atoms with Gasteiger partial charge in [0.05, 0.1) is 18.8 Å². The first-order chi connectivity index (χ1) is 9.17. The third-order valence-electron chi connectivity index (χ3n) is 2.82. The van der Waals surface area contributed by atoms with Crippen molar-refractivity contribution >= 4 is 16.6 Å². The van der Waals surface area contributed by atoms with Gasteiger partial charge < -0.3 is 10.5 Å². The van der Waals surface area contributed by atoms with Gasteiger partial charge in [-0.25, -0.2) is 9.67 Å². The summed E-state index contributed by atoms with van der Waals surface area (Å²) in [5, 5.41) is 5.34. The number of rotatable bonds is 2. The lowest BCUT2D eigenvalue weighted by Gasteiger charge is -2.06. The Morgan fingerprint density at radius 1 is 1.21 bits per heavy atom. The number of nitrogens with zero attached hydrogens (tertiary/aromatic N) is 4. The first-order valence-electron chi connectivity index (χ1n) is 5.80. The topological polar surface area (TPSA) is 78.9 Å². The molecular weight excluding hydrogens is 242 g/mol. The van der Waals surface area contributed by atoms with E-state index in [0.717, 1.165) is 10.9 Å². The molecule has 96 valence electrons. The molecule has 3 rings (SSSR count). The molecule has 0 amide bonds. The molecule has 0 fully saturated rings. The molecule has 0 aliphatic rings. The van der Waals surface area contributed by atoms with E-state index in [1.165, 1.54) is 0 Å². The normalized spacial score (nSPS) is 10.8. The first kappa shape index (κ1) is 11.5. The Morgan fingerprint density at radius 2 is 2.05 bits per heavy atom. The molecule has 0 saturated carbocycles. The average Bonchev–Trinajstić information content (AvgIpc) is 2.80. The zero-order valence-corrected chi connectivity index (χ0v) is 10.7. The highest BCUT2D eigenvalue weighted by Crippen LogP contribution is 2.21. The highest BCUT2D eigenvalue weighted by atomic mass is 16.5. The van der Waals surface area contributed by atoms with E-state index >= 15 is 0 Å². The molecule has 1 aromatic carbocycles. The van der Waals surface area contributed by atoms with Gasteiger partial charge in [-0.2, -0.15) is 10.1 Å². The molecule has 0 radical (unpaired) electrons. The lowest BCUT2D eigenvalue weighted by molar-refractivity contribution is 0.395. The van der Waals surface area contributed by atoms with Crippen LogP contribution in [0.3, 0.4) is 0 Å². The van der Waals surface area contributed by atoms with Crippen LogP contribution < -0.4 is 10.5 Å². The van der Waals surface area contributed by atoms with Crippen molar-refractivity contribution in [3.8, 4) is 11.7 Å². The predicted octanol–water partition coefficient (Wildman–Crippen LogP) is 1.71. The minimum Gasteiger partial charge on any atom is -0.481 e. The van der Waals surface area contributed by atoms with Crippen LogP contribution in [0.1, 0.15) is 5.82 Å². The maximum Gasteiger partial charge on any atom is 0.218 e. The second-order valence-corrected chi connectivity index (χ2v) is 4.19. The Hall–Kier alpha value is -2.63. The lowest BCUT2D eigenvalue weighted by Crippen LogP contribution is -2.03. The Kier molecular flexibility index (Phi) is 2.56. The summed E-state index contributed by atoms with van der Waals surface area (Å²) in [5.74, 6) is 1.79. The first-order valence-corrected chi connectivity index (χ1v) is 5.80. The van der Waals surface area contributed by atoms with E-state index in [2.05, 4.69) is 15.1 Å². The summed E-state index contributed by atoms with van der Waals surface area (Å²) in [6, 6.07) is 7.38. The van der Waals surface area contributed by atoms with Crippen LogP contribution in [0.25, 0.3) is 16.7 Å². The number of fused-ring (bicyclic) bond motifs is 1. The Balaban J connectivity index is 2.24. The maximum atomic E-state index is 5.82. The van der Waals surface area contributed by atoms with Gasteiger partial charge in [0.2, 0.25) is 5.88 Å². The molecule has 0 spiro atoms. The van der Waals surface area contributed by atoms with Crippen LogP contribution in [0.4, 0.5) is 5.69 Å². The second kappa shape index (κ2) is 4.24. The van der Waals surface area contributed by atoms with Crippen molar-refractivity contribution in [1.29, 1.82) is 0 Å². The molecule has 0 atom stereocenters. The van der Waals surface area contributed by atoms with E-state index in [4.69, 9.17) is 10.5 Å². The van der Waals surface area contributed by atoms with E-state index in [0.29, 0.717) is 23.2 Å². The Morgan fingerprint density at radius 3 is 2.84 bits per heavy atom. The standard InChI is InChI=1S/C13H13N5O/c1-8-16-12(6-13(17-8)19-2)18-11-5-10(14)4-3-9(11)7-15-18/h3-7H,14H2,1-2H3. The van der Waals surface area contributed by atoms with E-state index < -0.39 is 0 Å². The lowest BCUT2D eigenvalue weighted by atomic mass is 10.2. The molecule has 2 aromatic heterocycles. The van der Waals surface area contributed by atoms with Crippen molar-refractivity contribution in [1.82, 2.24) is 19.7 Å². The molecule has 2 N–H and O–H groups in total. The van der Waals surface area contributed by atoms with Crippen molar-refractivity contribution in [2.24, 2.45) is 0 Å². The summed E-state index contributed by atoms with van der Waals surface area (Å²) < 4.78 is 6.88. The molecule has 0 aliphatic carbocycles. The predicted molar refractivity (Wildman–Crippen MR) is 72.4 cm³/mol. The number of methoxy groups -OCH3 is 1. The average molecular weight is 255 g/mol. The van der Waals surface area contributed by atoms with Crippen LogP contribution in [0.5, 0.6) is 5.88 Å². The Labute approximate surface area is 109 Å². The molecule has 6 heteroatoms. The van der Waals surface area contributed by atoms with Gasteiger partial charge in [0.15, 0.2) is 5.82 Å². The van der Waals surface area contributed by atoms with Gasteiger partial charge in [0.1, 0.15) is 5.82 Å². The van der Waals surface area contributed by atoms with Gasteiger partial charge in [0, 0.05) is 17.1 Å². The summed E-state index contributed by atoms with van der Waals surface area (Å²) in [5.41, 5.74) is 7.41. The van der Waals surface area contributed by atoms with Crippen molar-refractivity contribution in [3.05, 3.63) is 36.3 Å². The molecular formula is C13H13N5O. The van der Waals surface area contributed by atoms with Gasteiger partial charge in [-0.3, -0.25) is 0 Å². The fourth-order valence-electron chi connectivity index (χ4n) is 1.96. The van der Waals surface area contributed by atoms with E-state index in [1.54, 1.807) is 24.1 Å². The molecule has 0 unspecified atom stereocenters. The minimum absolute atomic E-state index is 0.509. The second-order valence-electron chi connectivity index (χ2n) is 4.19. The number of aryl methyl sites for hydroxylation is 1. The molecule has 19 heavy (non-hydrogen) atoms. The SMILES string of the molecule is COc1cc(-n2ncc3ccc(N)cc32)nc(C)n1.